The second kappa shape index (κ2) is 12.6. The predicted octanol–water partition coefficient (Wildman–Crippen LogP) is 4.65. The number of rotatable bonds is 8. The molecule has 2 aromatic carbocycles. The second-order valence-electron chi connectivity index (χ2n) is 9.67. The Morgan fingerprint density at radius 3 is 2.62 bits per heavy atom. The molecule has 0 bridgehead atoms. The van der Waals surface area contributed by atoms with Crippen LogP contribution in [0.15, 0.2) is 59.5 Å². The van der Waals surface area contributed by atoms with Gasteiger partial charge in [0.1, 0.15) is 11.1 Å². The molecular formula is C28H31ClN4O4S2. The quantitative estimate of drug-likeness (QED) is 0.412. The molecule has 2 aliphatic rings. The summed E-state index contributed by atoms with van der Waals surface area (Å²) in [5.41, 5.74) is 3.09. The van der Waals surface area contributed by atoms with E-state index in [0.29, 0.717) is 29.3 Å². The molecule has 1 saturated heterocycles. The Kier molecular flexibility index (Phi) is 9.43. The van der Waals surface area contributed by atoms with Crippen molar-refractivity contribution in [3.63, 3.8) is 0 Å². The highest BCUT2D eigenvalue weighted by Crippen LogP contribution is 2.37. The van der Waals surface area contributed by atoms with E-state index in [0.717, 1.165) is 49.3 Å². The van der Waals surface area contributed by atoms with Crippen molar-refractivity contribution in [2.75, 3.05) is 32.1 Å². The van der Waals surface area contributed by atoms with Crippen molar-refractivity contribution in [3.8, 4) is 6.07 Å². The normalized spacial score (nSPS) is 17.3. The summed E-state index contributed by atoms with van der Waals surface area (Å²) in [5.74, 6) is -0.377. The van der Waals surface area contributed by atoms with E-state index in [-0.39, 0.29) is 29.3 Å². The molecular weight excluding hydrogens is 556 g/mol. The maximum atomic E-state index is 13.0. The van der Waals surface area contributed by atoms with Gasteiger partial charge in [-0.1, -0.05) is 30.3 Å². The van der Waals surface area contributed by atoms with Crippen LogP contribution in [0.2, 0.25) is 0 Å². The summed E-state index contributed by atoms with van der Waals surface area (Å²) in [4.78, 5) is 16.6. The van der Waals surface area contributed by atoms with E-state index in [4.69, 9.17) is 4.74 Å². The molecule has 8 nitrogen and oxygen atoms in total. The Hall–Kier alpha value is -2.78. The number of nitrogens with one attached hydrogen (secondary N) is 1. The fourth-order valence-corrected chi connectivity index (χ4v) is 7.38. The Labute approximate surface area is 239 Å². The first-order valence-corrected chi connectivity index (χ1v) is 14.9. The summed E-state index contributed by atoms with van der Waals surface area (Å²) in [6.07, 6.45) is 2.45. The van der Waals surface area contributed by atoms with E-state index in [1.54, 1.807) is 7.05 Å². The van der Waals surface area contributed by atoms with E-state index in [1.807, 2.05) is 18.2 Å². The molecule has 3 aromatic rings. The molecule has 1 fully saturated rings. The molecule has 5 rings (SSSR count). The smallest absolute Gasteiger partial charge is 0.256 e. The van der Waals surface area contributed by atoms with Crippen LogP contribution in [0.4, 0.5) is 5.00 Å². The molecule has 2 aliphatic heterocycles. The Balaban J connectivity index is 0.00000353. The highest BCUT2D eigenvalue weighted by atomic mass is 35.5. The number of halogens is 1. The minimum Gasteiger partial charge on any atom is -0.377 e. The molecule has 1 aromatic heterocycles. The highest BCUT2D eigenvalue weighted by molar-refractivity contribution is 7.89. The lowest BCUT2D eigenvalue weighted by Gasteiger charge is -2.26. The topological polar surface area (TPSA) is 103 Å². The Morgan fingerprint density at radius 2 is 1.95 bits per heavy atom. The number of carbonyl (C=O) groups is 1. The largest absolute Gasteiger partial charge is 0.377 e. The fourth-order valence-electron chi connectivity index (χ4n) is 4.95. The van der Waals surface area contributed by atoms with Crippen molar-refractivity contribution >= 4 is 44.7 Å². The Bertz CT molecular complexity index is 1450. The van der Waals surface area contributed by atoms with Gasteiger partial charge in [-0.15, -0.1) is 23.7 Å². The zero-order chi connectivity index (χ0) is 26.7. The average molecular weight is 587 g/mol. The van der Waals surface area contributed by atoms with Gasteiger partial charge >= 0.3 is 0 Å². The maximum Gasteiger partial charge on any atom is 0.256 e. The van der Waals surface area contributed by atoms with Crippen LogP contribution < -0.4 is 5.32 Å². The Morgan fingerprint density at radius 1 is 1.21 bits per heavy atom. The number of ether oxygens (including phenoxy) is 1. The number of hydrogen-bond donors (Lipinski definition) is 1. The molecule has 0 aliphatic carbocycles. The fraction of sp³-hybridized carbons (Fsp3) is 0.357. The number of anilines is 1. The van der Waals surface area contributed by atoms with Crippen LogP contribution >= 0.6 is 23.7 Å². The van der Waals surface area contributed by atoms with E-state index in [2.05, 4.69) is 28.4 Å². The van der Waals surface area contributed by atoms with Crippen molar-refractivity contribution < 1.29 is 17.9 Å². The first-order valence-electron chi connectivity index (χ1n) is 12.7. The van der Waals surface area contributed by atoms with Crippen molar-refractivity contribution in [3.05, 3.63) is 81.7 Å². The van der Waals surface area contributed by atoms with Crippen LogP contribution in [0, 0.1) is 11.3 Å². The molecule has 1 amide bonds. The third-order valence-corrected chi connectivity index (χ3v) is 10.0. The zero-order valence-electron chi connectivity index (χ0n) is 21.6. The molecule has 0 saturated carbocycles. The van der Waals surface area contributed by atoms with Gasteiger partial charge in [0.25, 0.3) is 5.91 Å². The third kappa shape index (κ3) is 6.52. The van der Waals surface area contributed by atoms with Crippen LogP contribution in [0.3, 0.4) is 0 Å². The van der Waals surface area contributed by atoms with Gasteiger partial charge in [0.15, 0.2) is 0 Å². The number of benzene rings is 2. The third-order valence-electron chi connectivity index (χ3n) is 7.03. The van der Waals surface area contributed by atoms with Gasteiger partial charge < -0.3 is 10.1 Å². The first kappa shape index (κ1) is 29.2. The van der Waals surface area contributed by atoms with Crippen molar-refractivity contribution in [1.29, 1.82) is 5.26 Å². The van der Waals surface area contributed by atoms with Gasteiger partial charge in [0, 0.05) is 50.3 Å². The lowest BCUT2D eigenvalue weighted by molar-refractivity contribution is 0.0979. The summed E-state index contributed by atoms with van der Waals surface area (Å²) < 4.78 is 32.8. The number of sulfonamides is 1. The lowest BCUT2D eigenvalue weighted by atomic mass is 10.0. The second-order valence-corrected chi connectivity index (χ2v) is 12.8. The molecule has 39 heavy (non-hydrogen) atoms. The summed E-state index contributed by atoms with van der Waals surface area (Å²) >= 11 is 1.44. The predicted molar refractivity (Wildman–Crippen MR) is 154 cm³/mol. The maximum absolute atomic E-state index is 13.0. The number of hydrogen-bond acceptors (Lipinski definition) is 7. The molecule has 0 spiro atoms. The van der Waals surface area contributed by atoms with Crippen molar-refractivity contribution in [1.82, 2.24) is 9.21 Å². The van der Waals surface area contributed by atoms with Crippen LogP contribution in [-0.4, -0.2) is 56.4 Å². The van der Waals surface area contributed by atoms with Crippen LogP contribution in [0.25, 0.3) is 0 Å². The summed E-state index contributed by atoms with van der Waals surface area (Å²) in [6.45, 7) is 3.37. The zero-order valence-corrected chi connectivity index (χ0v) is 24.1. The van der Waals surface area contributed by atoms with Crippen LogP contribution in [-0.2, 0) is 34.3 Å². The van der Waals surface area contributed by atoms with Gasteiger partial charge in [-0.25, -0.2) is 8.42 Å². The summed E-state index contributed by atoms with van der Waals surface area (Å²) in [7, 11) is -2.15. The van der Waals surface area contributed by atoms with Gasteiger partial charge in [0.2, 0.25) is 10.0 Å². The van der Waals surface area contributed by atoms with Gasteiger partial charge in [0.05, 0.1) is 16.6 Å². The van der Waals surface area contributed by atoms with E-state index in [9.17, 15) is 18.5 Å². The highest BCUT2D eigenvalue weighted by Gasteiger charge is 2.27. The molecule has 3 heterocycles. The number of fused-ring (bicyclic) bond motifs is 1. The minimum absolute atomic E-state index is 0. The van der Waals surface area contributed by atoms with Gasteiger partial charge in [-0.05, 0) is 54.7 Å². The molecule has 0 radical (unpaired) electrons. The number of nitrogens with zero attached hydrogens (tertiary/aromatic N) is 3. The molecule has 1 atom stereocenters. The number of carbonyl (C=O) groups excluding carboxylic acids is 1. The number of nitriles is 1. The molecule has 1 unspecified atom stereocenters. The van der Waals surface area contributed by atoms with E-state index >= 15 is 0 Å². The average Bonchev–Trinajstić information content (AvgIpc) is 3.56. The minimum atomic E-state index is -3.69. The molecule has 11 heteroatoms. The van der Waals surface area contributed by atoms with Crippen molar-refractivity contribution in [2.45, 2.75) is 43.4 Å². The van der Waals surface area contributed by atoms with E-state index in [1.165, 1.54) is 45.5 Å². The SMILES string of the molecule is CN(CC1CCCO1)S(=O)(=O)c1ccc(C(=O)Nc2sc3c(c2C#N)CCN(Cc2ccccc2)C3)cc1.Cl. The van der Waals surface area contributed by atoms with E-state index < -0.39 is 10.0 Å². The molecule has 1 N–H and O–H groups in total. The lowest BCUT2D eigenvalue weighted by Crippen LogP contribution is -2.34. The first-order chi connectivity index (χ1) is 18.3. The van der Waals surface area contributed by atoms with Crippen LogP contribution in [0.5, 0.6) is 0 Å². The molecule has 206 valence electrons. The summed E-state index contributed by atoms with van der Waals surface area (Å²) in [6, 6.07) is 18.5. The standard InChI is InChI=1S/C28H30N4O4S2.ClH/c1-31(18-22-8-5-15-36-22)38(34,35)23-11-9-21(10-12-23)27(33)30-28-25(16-29)24-13-14-32(19-26(24)37-28)17-20-6-3-2-4-7-20;/h2-4,6-7,9-12,22H,5,8,13-15,17-19H2,1H3,(H,30,33);1H. The number of amides is 1. The number of likely N-dealkylation sites (N-methyl/N-ethyl adjacent to an activating group) is 1. The van der Waals surface area contributed by atoms with Gasteiger partial charge in [-0.3, -0.25) is 9.69 Å². The van der Waals surface area contributed by atoms with Crippen molar-refractivity contribution in [2.24, 2.45) is 0 Å². The summed E-state index contributed by atoms with van der Waals surface area (Å²) in [5, 5.41) is 13.3. The van der Waals surface area contributed by atoms with Gasteiger partial charge in [-0.2, -0.15) is 9.57 Å². The number of thiophene rings is 1. The monoisotopic (exact) mass is 586 g/mol. The van der Waals surface area contributed by atoms with Crippen LogP contribution in [0.1, 0.15) is 44.8 Å².